The average Bonchev–Trinajstić information content (AvgIpc) is 2.33. The Kier molecular flexibility index (Phi) is 5.20. The Morgan fingerprint density at radius 3 is 2.44 bits per heavy atom. The van der Waals surface area contributed by atoms with Gasteiger partial charge in [-0.3, -0.25) is 0 Å². The van der Waals surface area contributed by atoms with Crippen LogP contribution < -0.4 is 5.73 Å². The van der Waals surface area contributed by atoms with Gasteiger partial charge >= 0.3 is 0 Å². The molecular weight excluding hydrogens is 246 g/mol. The summed E-state index contributed by atoms with van der Waals surface area (Å²) in [7, 11) is 0. The number of aryl methyl sites for hydroxylation is 1. The maximum atomic E-state index is 9.95. The van der Waals surface area contributed by atoms with Gasteiger partial charge < -0.3 is 10.8 Å². The molecule has 0 heterocycles. The molecule has 0 saturated heterocycles. The highest BCUT2D eigenvalue weighted by molar-refractivity contribution is 5.85. The minimum atomic E-state index is 0. The van der Waals surface area contributed by atoms with Gasteiger partial charge in [-0.05, 0) is 48.7 Å². The third-order valence-corrected chi connectivity index (χ3v) is 2.93. The molecule has 0 atom stereocenters. The number of aromatic hydroxyl groups is 1. The Labute approximate surface area is 114 Å². The molecule has 3 N–H and O–H groups in total. The Morgan fingerprint density at radius 1 is 1.06 bits per heavy atom. The van der Waals surface area contributed by atoms with E-state index in [1.54, 1.807) is 6.07 Å². The number of hydrogen-bond acceptors (Lipinski definition) is 2. The Balaban J connectivity index is 0.00000162. The first kappa shape index (κ1) is 14.6. The van der Waals surface area contributed by atoms with Crippen LogP contribution in [0.25, 0.3) is 11.1 Å². The molecule has 0 aliphatic heterocycles. The second-order valence-corrected chi connectivity index (χ2v) is 4.21. The van der Waals surface area contributed by atoms with Gasteiger partial charge in [-0.15, -0.1) is 12.4 Å². The molecule has 0 amide bonds. The molecule has 0 aromatic heterocycles. The van der Waals surface area contributed by atoms with Crippen molar-refractivity contribution in [1.29, 1.82) is 0 Å². The number of phenolic OH excluding ortho intramolecular Hbond substituents is 1. The van der Waals surface area contributed by atoms with Crippen LogP contribution in [0, 0.1) is 6.92 Å². The van der Waals surface area contributed by atoms with Crippen molar-refractivity contribution < 1.29 is 5.11 Å². The summed E-state index contributed by atoms with van der Waals surface area (Å²) >= 11 is 0. The van der Waals surface area contributed by atoms with Crippen molar-refractivity contribution in [3.8, 4) is 16.9 Å². The van der Waals surface area contributed by atoms with Crippen LogP contribution in [0.15, 0.2) is 42.5 Å². The summed E-state index contributed by atoms with van der Waals surface area (Å²) in [6, 6.07) is 13.7. The molecule has 2 aromatic carbocycles. The molecule has 3 heteroatoms. The highest BCUT2D eigenvalue weighted by Crippen LogP contribution is 2.32. The number of hydrogen-bond donors (Lipinski definition) is 2. The fourth-order valence-electron chi connectivity index (χ4n) is 2.00. The molecule has 0 saturated carbocycles. The number of benzene rings is 2. The zero-order valence-corrected chi connectivity index (χ0v) is 11.2. The van der Waals surface area contributed by atoms with Crippen LogP contribution in [0.2, 0.25) is 0 Å². The summed E-state index contributed by atoms with van der Waals surface area (Å²) in [6.45, 7) is 2.67. The van der Waals surface area contributed by atoms with Crippen LogP contribution in [0.5, 0.6) is 5.75 Å². The first-order valence-electron chi connectivity index (χ1n) is 5.80. The number of nitrogens with two attached hydrogens (primary N) is 1. The van der Waals surface area contributed by atoms with E-state index in [1.165, 1.54) is 0 Å². The molecule has 2 aromatic rings. The summed E-state index contributed by atoms with van der Waals surface area (Å²) in [6.07, 6.45) is 0.833. The summed E-state index contributed by atoms with van der Waals surface area (Å²) in [5.74, 6) is 0.320. The van der Waals surface area contributed by atoms with E-state index in [2.05, 4.69) is 0 Å². The summed E-state index contributed by atoms with van der Waals surface area (Å²) in [5, 5.41) is 9.95. The monoisotopic (exact) mass is 263 g/mol. The molecule has 96 valence electrons. The quantitative estimate of drug-likeness (QED) is 0.893. The van der Waals surface area contributed by atoms with E-state index in [-0.39, 0.29) is 12.4 Å². The van der Waals surface area contributed by atoms with Crippen molar-refractivity contribution in [2.45, 2.75) is 13.3 Å². The van der Waals surface area contributed by atoms with Crippen molar-refractivity contribution in [3.05, 3.63) is 53.6 Å². The Hall–Kier alpha value is -1.51. The van der Waals surface area contributed by atoms with Crippen LogP contribution >= 0.6 is 12.4 Å². The average molecular weight is 264 g/mol. The van der Waals surface area contributed by atoms with E-state index < -0.39 is 0 Å². The maximum absolute atomic E-state index is 9.95. The third kappa shape index (κ3) is 3.03. The lowest BCUT2D eigenvalue weighted by molar-refractivity contribution is 0.477. The van der Waals surface area contributed by atoms with Gasteiger partial charge in [0.05, 0.1) is 0 Å². The van der Waals surface area contributed by atoms with Gasteiger partial charge in [0.15, 0.2) is 0 Å². The van der Waals surface area contributed by atoms with E-state index in [1.807, 2.05) is 43.3 Å². The molecule has 2 nitrogen and oxygen atoms in total. The van der Waals surface area contributed by atoms with E-state index in [4.69, 9.17) is 5.73 Å². The number of rotatable bonds is 3. The predicted molar refractivity (Wildman–Crippen MR) is 78.3 cm³/mol. The molecule has 0 unspecified atom stereocenters. The van der Waals surface area contributed by atoms with Gasteiger partial charge in [0.1, 0.15) is 5.75 Å². The minimum absolute atomic E-state index is 0. The van der Waals surface area contributed by atoms with Gasteiger partial charge in [0, 0.05) is 5.56 Å². The van der Waals surface area contributed by atoms with E-state index >= 15 is 0 Å². The van der Waals surface area contributed by atoms with Gasteiger partial charge in [-0.2, -0.15) is 0 Å². The van der Waals surface area contributed by atoms with Crippen molar-refractivity contribution in [2.75, 3.05) is 6.54 Å². The van der Waals surface area contributed by atoms with Gasteiger partial charge in [0.25, 0.3) is 0 Å². The summed E-state index contributed by atoms with van der Waals surface area (Å²) in [5.41, 5.74) is 9.83. The zero-order chi connectivity index (χ0) is 12.3. The smallest absolute Gasteiger partial charge is 0.123 e. The van der Waals surface area contributed by atoms with E-state index in [0.717, 1.165) is 28.7 Å². The van der Waals surface area contributed by atoms with Crippen LogP contribution in [0.3, 0.4) is 0 Å². The largest absolute Gasteiger partial charge is 0.507 e. The molecule has 0 spiro atoms. The van der Waals surface area contributed by atoms with Crippen molar-refractivity contribution in [3.63, 3.8) is 0 Å². The topological polar surface area (TPSA) is 46.2 Å². The third-order valence-electron chi connectivity index (χ3n) is 2.93. The van der Waals surface area contributed by atoms with Crippen molar-refractivity contribution >= 4 is 12.4 Å². The minimum Gasteiger partial charge on any atom is -0.507 e. The van der Waals surface area contributed by atoms with Crippen LogP contribution in [-0.4, -0.2) is 11.7 Å². The van der Waals surface area contributed by atoms with Crippen molar-refractivity contribution in [2.24, 2.45) is 5.73 Å². The molecule has 0 fully saturated rings. The fraction of sp³-hybridized carbons (Fsp3) is 0.200. The van der Waals surface area contributed by atoms with Gasteiger partial charge in [0.2, 0.25) is 0 Å². The molecule has 0 aliphatic carbocycles. The first-order valence-corrected chi connectivity index (χ1v) is 5.80. The lowest BCUT2D eigenvalue weighted by atomic mass is 9.97. The Morgan fingerprint density at radius 2 is 1.78 bits per heavy atom. The zero-order valence-electron chi connectivity index (χ0n) is 10.4. The fourth-order valence-corrected chi connectivity index (χ4v) is 2.00. The van der Waals surface area contributed by atoms with Crippen LogP contribution in [0.4, 0.5) is 0 Å². The molecule has 0 bridgehead atoms. The van der Waals surface area contributed by atoms with Crippen molar-refractivity contribution in [1.82, 2.24) is 0 Å². The second-order valence-electron chi connectivity index (χ2n) is 4.21. The molecule has 18 heavy (non-hydrogen) atoms. The lowest BCUT2D eigenvalue weighted by Gasteiger charge is -2.10. The molecule has 2 rings (SSSR count). The highest BCUT2D eigenvalue weighted by Gasteiger charge is 2.07. The number of phenols is 1. The molecular formula is C15H18ClNO. The second kappa shape index (κ2) is 6.43. The standard InChI is InChI=1S/C15H17NO.ClH/c1-11-4-2-3-5-13(11)14-10-12(8-9-16)6-7-15(14)17;/h2-7,10,17H,8-9,16H2,1H3;1H. The lowest BCUT2D eigenvalue weighted by Crippen LogP contribution is -2.02. The summed E-state index contributed by atoms with van der Waals surface area (Å²) < 4.78 is 0. The van der Waals surface area contributed by atoms with Crippen LogP contribution in [-0.2, 0) is 6.42 Å². The molecule has 0 aliphatic rings. The first-order chi connectivity index (χ1) is 8.22. The predicted octanol–water partition coefficient (Wildman–Crippen LogP) is 3.29. The van der Waals surface area contributed by atoms with E-state index in [9.17, 15) is 5.11 Å². The SMILES string of the molecule is Cc1ccccc1-c1cc(CCN)ccc1O.Cl. The Bertz CT molecular complexity index is 526. The van der Waals surface area contributed by atoms with E-state index in [0.29, 0.717) is 12.3 Å². The molecule has 0 radical (unpaired) electrons. The van der Waals surface area contributed by atoms with Crippen LogP contribution in [0.1, 0.15) is 11.1 Å². The van der Waals surface area contributed by atoms with Gasteiger partial charge in [-0.25, -0.2) is 0 Å². The normalized spacial score (nSPS) is 9.89. The maximum Gasteiger partial charge on any atom is 0.123 e. The number of halogens is 1. The van der Waals surface area contributed by atoms with Gasteiger partial charge in [-0.1, -0.05) is 30.3 Å². The summed E-state index contributed by atoms with van der Waals surface area (Å²) in [4.78, 5) is 0. The highest BCUT2D eigenvalue weighted by atomic mass is 35.5.